The molecule has 0 N–H and O–H groups in total. The van der Waals surface area contributed by atoms with Gasteiger partial charge in [-0.2, -0.15) is 0 Å². The monoisotopic (exact) mass is 316 g/mol. The SMILES string of the molecule is CC1CCCC(C)N1C(=O)C(=O)N(C)C1CCS(=O)(=O)C1. The molecule has 120 valence electrons. The summed E-state index contributed by atoms with van der Waals surface area (Å²) in [5, 5.41) is 0. The van der Waals surface area contributed by atoms with Crippen LogP contribution >= 0.6 is 0 Å². The summed E-state index contributed by atoms with van der Waals surface area (Å²) in [6.07, 6.45) is 3.30. The van der Waals surface area contributed by atoms with E-state index in [2.05, 4.69) is 0 Å². The average molecular weight is 316 g/mol. The Balaban J connectivity index is 2.06. The van der Waals surface area contributed by atoms with Crippen LogP contribution in [-0.2, 0) is 19.4 Å². The predicted octanol–water partition coefficient (Wildman–Crippen LogP) is 0.421. The largest absolute Gasteiger partial charge is 0.333 e. The van der Waals surface area contributed by atoms with Gasteiger partial charge < -0.3 is 9.80 Å². The van der Waals surface area contributed by atoms with Gasteiger partial charge in [0.1, 0.15) is 0 Å². The van der Waals surface area contributed by atoms with Gasteiger partial charge in [0.15, 0.2) is 9.84 Å². The Morgan fingerprint density at radius 1 is 1.10 bits per heavy atom. The van der Waals surface area contributed by atoms with E-state index in [-0.39, 0.29) is 29.6 Å². The summed E-state index contributed by atoms with van der Waals surface area (Å²) < 4.78 is 23.0. The van der Waals surface area contributed by atoms with Crippen molar-refractivity contribution in [3.8, 4) is 0 Å². The van der Waals surface area contributed by atoms with Crippen molar-refractivity contribution in [3.05, 3.63) is 0 Å². The molecule has 0 bridgehead atoms. The highest BCUT2D eigenvalue weighted by Gasteiger charge is 2.38. The summed E-state index contributed by atoms with van der Waals surface area (Å²) in [6.45, 7) is 3.92. The van der Waals surface area contributed by atoms with Crippen LogP contribution in [0, 0.1) is 0 Å². The van der Waals surface area contributed by atoms with Crippen molar-refractivity contribution in [2.75, 3.05) is 18.6 Å². The molecular formula is C14H24N2O4S. The second-order valence-electron chi connectivity index (χ2n) is 6.31. The Labute approximate surface area is 126 Å². The molecule has 3 unspecified atom stereocenters. The lowest BCUT2D eigenvalue weighted by atomic mass is 9.97. The fourth-order valence-corrected chi connectivity index (χ4v) is 5.10. The van der Waals surface area contributed by atoms with E-state index in [4.69, 9.17) is 0 Å². The Kier molecular flexibility index (Phi) is 4.60. The lowest BCUT2D eigenvalue weighted by molar-refractivity contribution is -0.155. The third kappa shape index (κ3) is 3.39. The first-order chi connectivity index (χ1) is 9.73. The van der Waals surface area contributed by atoms with Crippen molar-refractivity contribution in [3.63, 3.8) is 0 Å². The van der Waals surface area contributed by atoms with Crippen LogP contribution in [0.2, 0.25) is 0 Å². The van der Waals surface area contributed by atoms with Gasteiger partial charge in [0, 0.05) is 25.2 Å². The van der Waals surface area contributed by atoms with Gasteiger partial charge in [-0.15, -0.1) is 0 Å². The van der Waals surface area contributed by atoms with Gasteiger partial charge in [0.05, 0.1) is 11.5 Å². The van der Waals surface area contributed by atoms with Crippen LogP contribution < -0.4 is 0 Å². The number of sulfone groups is 1. The van der Waals surface area contributed by atoms with Gasteiger partial charge in [0.2, 0.25) is 0 Å². The quantitative estimate of drug-likeness (QED) is 0.657. The van der Waals surface area contributed by atoms with Gasteiger partial charge in [-0.3, -0.25) is 9.59 Å². The molecule has 0 aromatic heterocycles. The molecule has 0 aromatic rings. The second kappa shape index (κ2) is 5.94. The molecule has 2 rings (SSSR count). The maximum absolute atomic E-state index is 12.5. The second-order valence-corrected chi connectivity index (χ2v) is 8.54. The zero-order valence-electron chi connectivity index (χ0n) is 12.9. The first-order valence-corrected chi connectivity index (χ1v) is 9.35. The number of carbonyl (C=O) groups excluding carboxylic acids is 2. The van der Waals surface area contributed by atoms with Gasteiger partial charge in [-0.25, -0.2) is 8.42 Å². The molecule has 0 radical (unpaired) electrons. The zero-order valence-corrected chi connectivity index (χ0v) is 13.7. The zero-order chi connectivity index (χ0) is 15.8. The van der Waals surface area contributed by atoms with Crippen molar-refractivity contribution in [1.29, 1.82) is 0 Å². The van der Waals surface area contributed by atoms with Crippen molar-refractivity contribution in [2.45, 2.75) is 57.7 Å². The maximum Gasteiger partial charge on any atom is 0.312 e. The summed E-state index contributed by atoms with van der Waals surface area (Å²) in [6, 6.07) is -0.251. The topological polar surface area (TPSA) is 74.8 Å². The van der Waals surface area contributed by atoms with Crippen LogP contribution in [0.3, 0.4) is 0 Å². The Morgan fingerprint density at radius 3 is 2.14 bits per heavy atom. The first kappa shape index (κ1) is 16.3. The van der Waals surface area contributed by atoms with Crippen LogP contribution in [0.4, 0.5) is 0 Å². The van der Waals surface area contributed by atoms with Gasteiger partial charge in [-0.1, -0.05) is 0 Å². The van der Waals surface area contributed by atoms with Crippen LogP contribution in [0.5, 0.6) is 0 Å². The fourth-order valence-electron chi connectivity index (χ4n) is 3.33. The minimum Gasteiger partial charge on any atom is -0.333 e. The molecular weight excluding hydrogens is 292 g/mol. The average Bonchev–Trinajstić information content (AvgIpc) is 2.77. The number of piperidine rings is 1. The van der Waals surface area contributed by atoms with Gasteiger partial charge >= 0.3 is 11.8 Å². The van der Waals surface area contributed by atoms with Crippen molar-refractivity contribution < 1.29 is 18.0 Å². The molecule has 7 heteroatoms. The lowest BCUT2D eigenvalue weighted by Crippen LogP contribution is -2.54. The van der Waals surface area contributed by atoms with Crippen molar-refractivity contribution in [2.24, 2.45) is 0 Å². The number of likely N-dealkylation sites (tertiary alicyclic amines) is 1. The summed E-state index contributed by atoms with van der Waals surface area (Å²) in [5.41, 5.74) is 0. The summed E-state index contributed by atoms with van der Waals surface area (Å²) in [5.74, 6) is -1.02. The number of nitrogens with zero attached hydrogens (tertiary/aromatic N) is 2. The smallest absolute Gasteiger partial charge is 0.312 e. The highest BCUT2D eigenvalue weighted by atomic mass is 32.2. The standard InChI is InChI=1S/C14H24N2O4S/c1-10-5-4-6-11(2)16(10)14(18)13(17)15(3)12-7-8-21(19,20)9-12/h10-12H,4-9H2,1-3H3. The fraction of sp³-hybridized carbons (Fsp3) is 0.857. The molecule has 6 nitrogen and oxygen atoms in total. The molecule has 2 heterocycles. The molecule has 2 amide bonds. The highest BCUT2D eigenvalue weighted by molar-refractivity contribution is 7.91. The Bertz CT molecular complexity index is 521. The van der Waals surface area contributed by atoms with E-state index in [1.54, 1.807) is 4.90 Å². The number of hydrogen-bond donors (Lipinski definition) is 0. The molecule has 0 aliphatic carbocycles. The molecule has 2 saturated heterocycles. The molecule has 21 heavy (non-hydrogen) atoms. The summed E-state index contributed by atoms with van der Waals surface area (Å²) in [4.78, 5) is 27.8. The number of likely N-dealkylation sites (N-methyl/N-ethyl adjacent to an activating group) is 1. The Morgan fingerprint density at radius 2 is 1.67 bits per heavy atom. The highest BCUT2D eigenvalue weighted by Crippen LogP contribution is 2.24. The van der Waals surface area contributed by atoms with Crippen molar-refractivity contribution in [1.82, 2.24) is 9.80 Å². The Hall–Kier alpha value is -1.11. The molecule has 0 saturated carbocycles. The van der Waals surface area contributed by atoms with Crippen LogP contribution in [0.15, 0.2) is 0 Å². The van der Waals surface area contributed by atoms with E-state index < -0.39 is 21.7 Å². The normalized spacial score (nSPS) is 32.0. The van der Waals surface area contributed by atoms with Crippen LogP contribution in [0.25, 0.3) is 0 Å². The van der Waals surface area contributed by atoms with E-state index in [1.165, 1.54) is 11.9 Å². The minimum atomic E-state index is -3.06. The third-order valence-electron chi connectivity index (χ3n) is 4.69. The van der Waals surface area contributed by atoms with Crippen LogP contribution in [0.1, 0.15) is 39.5 Å². The van der Waals surface area contributed by atoms with E-state index in [0.29, 0.717) is 6.42 Å². The van der Waals surface area contributed by atoms with E-state index in [0.717, 1.165) is 19.3 Å². The van der Waals surface area contributed by atoms with E-state index >= 15 is 0 Å². The molecule has 0 spiro atoms. The van der Waals surface area contributed by atoms with Crippen molar-refractivity contribution >= 4 is 21.7 Å². The number of rotatable bonds is 1. The molecule has 3 atom stereocenters. The number of amides is 2. The number of carbonyl (C=O) groups is 2. The predicted molar refractivity (Wildman–Crippen MR) is 79.4 cm³/mol. The third-order valence-corrected chi connectivity index (χ3v) is 6.44. The van der Waals surface area contributed by atoms with Gasteiger partial charge in [-0.05, 0) is 39.5 Å². The van der Waals surface area contributed by atoms with E-state index in [9.17, 15) is 18.0 Å². The maximum atomic E-state index is 12.5. The molecule has 0 aromatic carbocycles. The molecule has 2 fully saturated rings. The molecule has 2 aliphatic rings. The van der Waals surface area contributed by atoms with Gasteiger partial charge in [0.25, 0.3) is 0 Å². The summed E-state index contributed by atoms with van der Waals surface area (Å²) >= 11 is 0. The number of hydrogen-bond acceptors (Lipinski definition) is 4. The van der Waals surface area contributed by atoms with Crippen LogP contribution in [-0.4, -0.2) is 66.7 Å². The molecule has 2 aliphatic heterocycles. The first-order valence-electron chi connectivity index (χ1n) is 7.53. The van der Waals surface area contributed by atoms with E-state index in [1.807, 2.05) is 13.8 Å². The minimum absolute atomic E-state index is 0.0341. The summed E-state index contributed by atoms with van der Waals surface area (Å²) in [7, 11) is -1.53. The lowest BCUT2D eigenvalue weighted by Gasteiger charge is -2.39.